The molecule has 9 heteroatoms. The van der Waals surface area contributed by atoms with Crippen LogP contribution >= 0.6 is 11.8 Å². The summed E-state index contributed by atoms with van der Waals surface area (Å²) in [6, 6.07) is 5.89. The average Bonchev–Trinajstić information content (AvgIpc) is 3.44. The largest absolute Gasteiger partial charge is 0.465 e. The zero-order valence-electron chi connectivity index (χ0n) is 19.3. The number of carbonyl (C=O) groups is 4. The number of nitrogens with one attached hydrogen (secondary N) is 1. The van der Waals surface area contributed by atoms with Gasteiger partial charge in [0, 0.05) is 36.3 Å². The van der Waals surface area contributed by atoms with E-state index in [2.05, 4.69) is 5.32 Å². The Morgan fingerprint density at radius 1 is 1.27 bits per heavy atom. The van der Waals surface area contributed by atoms with Crippen molar-refractivity contribution in [2.75, 3.05) is 18.9 Å². The zero-order valence-corrected chi connectivity index (χ0v) is 20.2. The van der Waals surface area contributed by atoms with Crippen LogP contribution in [0.5, 0.6) is 0 Å². The average molecular weight is 475 g/mol. The SMILES string of the molecule is CCOC(=O)[C@@H](N)CC1=C[N+](C(=O)C(C)CSC(C)=O)(C(=O)[C@@H]2CCCN2)c2ccccc21. The maximum atomic E-state index is 13.9. The number of nitrogens with zero attached hydrogens (tertiary/aromatic N) is 1. The molecule has 0 aromatic heterocycles. The number of imide groups is 1. The van der Waals surface area contributed by atoms with E-state index < -0.39 is 28.5 Å². The van der Waals surface area contributed by atoms with Crippen LogP contribution in [0.3, 0.4) is 0 Å². The molecular formula is C24H32N3O5S+. The number of amides is 2. The molecule has 2 aliphatic rings. The van der Waals surface area contributed by atoms with Crippen LogP contribution in [0.1, 0.15) is 45.6 Å². The third kappa shape index (κ3) is 5.11. The monoisotopic (exact) mass is 474 g/mol. The van der Waals surface area contributed by atoms with Crippen molar-refractivity contribution in [3.05, 3.63) is 36.0 Å². The fourth-order valence-corrected chi connectivity index (χ4v) is 5.06. The second kappa shape index (κ2) is 10.7. The molecular weight excluding hydrogens is 442 g/mol. The highest BCUT2D eigenvalue weighted by Crippen LogP contribution is 2.44. The molecule has 8 nitrogen and oxygen atoms in total. The van der Waals surface area contributed by atoms with E-state index in [-0.39, 0.29) is 35.7 Å². The highest BCUT2D eigenvalue weighted by Gasteiger charge is 2.55. The van der Waals surface area contributed by atoms with E-state index in [0.717, 1.165) is 23.7 Å². The summed E-state index contributed by atoms with van der Waals surface area (Å²) in [5.74, 6) is -1.33. The van der Waals surface area contributed by atoms with Crippen molar-refractivity contribution in [1.29, 1.82) is 0 Å². The third-order valence-corrected chi connectivity index (χ3v) is 7.09. The minimum Gasteiger partial charge on any atom is -0.465 e. The van der Waals surface area contributed by atoms with E-state index in [1.165, 1.54) is 6.92 Å². The van der Waals surface area contributed by atoms with Crippen molar-refractivity contribution in [3.8, 4) is 0 Å². The molecule has 178 valence electrons. The first kappa shape index (κ1) is 25.3. The molecule has 1 fully saturated rings. The molecule has 1 aromatic rings. The van der Waals surface area contributed by atoms with Gasteiger partial charge in [-0.2, -0.15) is 0 Å². The molecule has 2 amide bonds. The topological polar surface area (TPSA) is 116 Å². The Balaban J connectivity index is 2.07. The van der Waals surface area contributed by atoms with Crippen LogP contribution in [0, 0.1) is 5.92 Å². The Kier molecular flexibility index (Phi) is 8.23. The van der Waals surface area contributed by atoms with Gasteiger partial charge in [0.25, 0.3) is 0 Å². The van der Waals surface area contributed by atoms with Gasteiger partial charge in [0.15, 0.2) is 10.8 Å². The van der Waals surface area contributed by atoms with Gasteiger partial charge in [0.1, 0.15) is 18.3 Å². The summed E-state index contributed by atoms with van der Waals surface area (Å²) in [6.45, 7) is 5.85. The number of nitrogens with two attached hydrogens (primary N) is 1. The molecule has 1 saturated heterocycles. The van der Waals surface area contributed by atoms with Crippen molar-refractivity contribution in [1.82, 2.24) is 9.80 Å². The van der Waals surface area contributed by atoms with Crippen LogP contribution in [-0.2, 0) is 23.9 Å². The molecule has 3 rings (SSSR count). The maximum Gasteiger partial charge on any atom is 0.347 e. The second-order valence-corrected chi connectivity index (χ2v) is 9.68. The second-order valence-electron chi connectivity index (χ2n) is 8.49. The van der Waals surface area contributed by atoms with Gasteiger partial charge in [0.05, 0.1) is 12.5 Å². The summed E-state index contributed by atoms with van der Waals surface area (Å²) in [6.07, 6.45) is 3.30. The minimum absolute atomic E-state index is 0.0801. The molecule has 0 aliphatic carbocycles. The van der Waals surface area contributed by atoms with Crippen LogP contribution in [0.4, 0.5) is 5.69 Å². The van der Waals surface area contributed by atoms with E-state index in [1.807, 2.05) is 12.1 Å². The highest BCUT2D eigenvalue weighted by atomic mass is 32.2. The fourth-order valence-electron chi connectivity index (χ4n) is 4.43. The lowest BCUT2D eigenvalue weighted by Gasteiger charge is -2.31. The Morgan fingerprint density at radius 3 is 2.64 bits per heavy atom. The Hall–Kier alpha value is -2.33. The molecule has 0 bridgehead atoms. The van der Waals surface area contributed by atoms with Gasteiger partial charge in [-0.1, -0.05) is 23.9 Å². The number of benzene rings is 1. The minimum atomic E-state index is -0.912. The number of fused-ring (bicyclic) bond motifs is 1. The summed E-state index contributed by atoms with van der Waals surface area (Å²) in [5, 5.41) is 3.14. The highest BCUT2D eigenvalue weighted by molar-refractivity contribution is 8.13. The van der Waals surface area contributed by atoms with E-state index in [9.17, 15) is 19.2 Å². The number of thioether (sulfide) groups is 1. The van der Waals surface area contributed by atoms with Crippen molar-refractivity contribution >= 4 is 45.9 Å². The van der Waals surface area contributed by atoms with Gasteiger partial charge in [-0.25, -0.2) is 9.59 Å². The summed E-state index contributed by atoms with van der Waals surface area (Å²) in [4.78, 5) is 51.6. The van der Waals surface area contributed by atoms with Crippen LogP contribution in [0.25, 0.3) is 5.57 Å². The molecule has 2 heterocycles. The van der Waals surface area contributed by atoms with E-state index >= 15 is 0 Å². The van der Waals surface area contributed by atoms with Crippen LogP contribution in [0.15, 0.2) is 30.5 Å². The zero-order chi connectivity index (χ0) is 24.2. The number of hydrogen-bond acceptors (Lipinski definition) is 8. The number of quaternary nitrogens is 1. The summed E-state index contributed by atoms with van der Waals surface area (Å²) in [7, 11) is 0. The first-order chi connectivity index (χ1) is 15.7. The first-order valence-corrected chi connectivity index (χ1v) is 12.3. The van der Waals surface area contributed by atoms with Crippen molar-refractivity contribution in [2.45, 2.75) is 52.1 Å². The Labute approximate surface area is 198 Å². The lowest BCUT2D eigenvalue weighted by Crippen LogP contribution is -2.61. The Morgan fingerprint density at radius 2 is 2.00 bits per heavy atom. The number of esters is 1. The lowest BCUT2D eigenvalue weighted by atomic mass is 10.0. The maximum absolute atomic E-state index is 13.9. The number of rotatable bonds is 8. The fraction of sp³-hybridized carbons (Fsp3) is 0.500. The molecule has 0 radical (unpaired) electrons. The smallest absolute Gasteiger partial charge is 0.347 e. The molecule has 2 aliphatic heterocycles. The van der Waals surface area contributed by atoms with E-state index in [4.69, 9.17) is 10.5 Å². The lowest BCUT2D eigenvalue weighted by molar-refractivity contribution is -0.145. The summed E-state index contributed by atoms with van der Waals surface area (Å²) < 4.78 is 4.48. The molecule has 3 N–H and O–H groups in total. The first-order valence-electron chi connectivity index (χ1n) is 11.3. The van der Waals surface area contributed by atoms with E-state index in [0.29, 0.717) is 24.2 Å². The molecule has 33 heavy (non-hydrogen) atoms. The van der Waals surface area contributed by atoms with Crippen LogP contribution < -0.4 is 15.5 Å². The van der Waals surface area contributed by atoms with Gasteiger partial charge in [0.2, 0.25) is 0 Å². The molecule has 0 saturated carbocycles. The number of ether oxygens (including phenoxy) is 1. The van der Waals surface area contributed by atoms with Crippen molar-refractivity contribution < 1.29 is 23.9 Å². The predicted octanol–water partition coefficient (Wildman–Crippen LogP) is 2.35. The molecule has 1 aromatic carbocycles. The Bertz CT molecular complexity index is 973. The quantitative estimate of drug-likeness (QED) is 0.436. The van der Waals surface area contributed by atoms with E-state index in [1.54, 1.807) is 32.2 Å². The molecule has 0 spiro atoms. The third-order valence-electron chi connectivity index (χ3n) is 6.02. The van der Waals surface area contributed by atoms with Crippen molar-refractivity contribution in [2.24, 2.45) is 11.7 Å². The summed E-state index contributed by atoms with van der Waals surface area (Å²) >= 11 is 1.07. The van der Waals surface area contributed by atoms with Crippen LogP contribution in [0.2, 0.25) is 0 Å². The summed E-state index contributed by atoms with van der Waals surface area (Å²) in [5.41, 5.74) is 8.05. The van der Waals surface area contributed by atoms with Crippen LogP contribution in [-0.4, -0.2) is 53.9 Å². The van der Waals surface area contributed by atoms with Gasteiger partial charge >= 0.3 is 17.8 Å². The molecule has 2 unspecified atom stereocenters. The van der Waals surface area contributed by atoms with Gasteiger partial charge < -0.3 is 15.8 Å². The van der Waals surface area contributed by atoms with Gasteiger partial charge in [-0.15, -0.1) is 4.48 Å². The predicted molar refractivity (Wildman–Crippen MR) is 129 cm³/mol. The standard InChI is InChI=1S/C24H32N3O5S/c1-4-32-24(31)19(25)12-17-13-27(21-10-6-5-8-18(17)21,23(30)20-9-7-11-26-20)22(29)15(2)14-33-16(3)28/h5-6,8,10,13,15,19-20,26H,4,7,9,11-12,14,25H2,1-3H3/q+1/t15?,19-,20-,27?/m0/s1. The molecule has 4 atom stereocenters. The van der Waals surface area contributed by atoms with Gasteiger partial charge in [-0.3, -0.25) is 9.59 Å². The van der Waals surface area contributed by atoms with Crippen molar-refractivity contribution in [3.63, 3.8) is 0 Å². The normalized spacial score (nSPS) is 23.4. The van der Waals surface area contributed by atoms with Gasteiger partial charge in [-0.05, 0) is 39.3 Å². The number of carbonyl (C=O) groups excluding carboxylic acids is 4. The number of para-hydroxylation sites is 1. The number of hydrogen-bond donors (Lipinski definition) is 2.